The number of aliphatic carboxylic acids is 2. The fraction of sp³-hybridized carbons (Fsp3) is 0.300. The lowest BCUT2D eigenvalue weighted by molar-refractivity contribution is -0.380. The van der Waals surface area contributed by atoms with Crippen molar-refractivity contribution >= 4 is 34.2 Å². The molecule has 1 amide bonds. The third-order valence-corrected chi connectivity index (χ3v) is 3.28. The third kappa shape index (κ3) is 4.31. The summed E-state index contributed by atoms with van der Waals surface area (Å²) < 4.78 is 0. The molecule has 1 heterocycles. The number of thiophene rings is 1. The maximum Gasteiger partial charge on any atom is 0.326 e. The minimum Gasteiger partial charge on any atom is -0.481 e. The summed E-state index contributed by atoms with van der Waals surface area (Å²) in [5.74, 6) is -3.34. The van der Waals surface area contributed by atoms with Crippen LogP contribution in [0.5, 0.6) is 0 Å². The molecule has 0 spiro atoms. The zero-order valence-electron chi connectivity index (χ0n) is 9.94. The maximum absolute atomic E-state index is 11.7. The van der Waals surface area contributed by atoms with E-state index in [0.29, 0.717) is 11.3 Å². The first-order chi connectivity index (χ1) is 9.31. The molecule has 0 fully saturated rings. The fourth-order valence-corrected chi connectivity index (χ4v) is 2.03. The topological polar surface area (TPSA) is 147 Å². The molecule has 0 aliphatic carbocycles. The minimum absolute atomic E-state index is 0.0155. The molecule has 0 aromatic carbocycles. The van der Waals surface area contributed by atoms with Crippen LogP contribution in [0.15, 0.2) is 12.1 Å². The maximum atomic E-state index is 11.7. The van der Waals surface area contributed by atoms with Crippen LogP contribution in [0.4, 0.5) is 5.00 Å². The molecule has 0 aliphatic heterocycles. The number of carboxylic acids is 2. The van der Waals surface area contributed by atoms with Crippen LogP contribution in [0.25, 0.3) is 0 Å². The molecule has 1 atom stereocenters. The Balaban J connectivity index is 2.72. The number of hydrogen-bond acceptors (Lipinski definition) is 6. The summed E-state index contributed by atoms with van der Waals surface area (Å²) in [5.41, 5.74) is 0. The summed E-state index contributed by atoms with van der Waals surface area (Å²) in [5, 5.41) is 29.7. The molecule has 0 bridgehead atoms. The fourth-order valence-electron chi connectivity index (χ4n) is 1.30. The molecule has 1 aromatic rings. The van der Waals surface area contributed by atoms with E-state index in [4.69, 9.17) is 10.2 Å². The Morgan fingerprint density at radius 1 is 1.35 bits per heavy atom. The van der Waals surface area contributed by atoms with Crippen molar-refractivity contribution in [2.24, 2.45) is 0 Å². The highest BCUT2D eigenvalue weighted by atomic mass is 32.1. The number of hydrogen-bond donors (Lipinski definition) is 3. The van der Waals surface area contributed by atoms with Crippen LogP contribution in [0.2, 0.25) is 0 Å². The second-order valence-corrected chi connectivity index (χ2v) is 4.75. The van der Waals surface area contributed by atoms with Gasteiger partial charge in [0.2, 0.25) is 0 Å². The zero-order chi connectivity index (χ0) is 15.3. The standard InChI is InChI=1S/C10H10N2O7S/c13-8(14)4-1-5(10(16)17)11-9(15)6-2-3-7(20-6)12(18)19/h2-3,5H,1,4H2,(H,11,15)(H,13,14)(H,16,17). The average molecular weight is 302 g/mol. The van der Waals surface area contributed by atoms with E-state index >= 15 is 0 Å². The van der Waals surface area contributed by atoms with Crippen LogP contribution in [-0.2, 0) is 9.59 Å². The molecule has 0 saturated carbocycles. The molecular formula is C10H10N2O7S. The van der Waals surface area contributed by atoms with Crippen molar-refractivity contribution in [2.75, 3.05) is 0 Å². The van der Waals surface area contributed by atoms with Crippen LogP contribution in [0.1, 0.15) is 22.5 Å². The second-order valence-electron chi connectivity index (χ2n) is 3.69. The number of nitro groups is 1. The minimum atomic E-state index is -1.37. The second kappa shape index (κ2) is 6.61. The van der Waals surface area contributed by atoms with Gasteiger partial charge in [-0.15, -0.1) is 0 Å². The molecule has 10 heteroatoms. The summed E-state index contributed by atoms with van der Waals surface area (Å²) in [6.45, 7) is 0. The highest BCUT2D eigenvalue weighted by Crippen LogP contribution is 2.23. The molecule has 9 nitrogen and oxygen atoms in total. The normalized spacial score (nSPS) is 11.6. The molecule has 3 N–H and O–H groups in total. The summed E-state index contributed by atoms with van der Waals surface area (Å²) in [6, 6.07) is 0.973. The van der Waals surface area contributed by atoms with Crippen LogP contribution < -0.4 is 5.32 Å². The van der Waals surface area contributed by atoms with Gasteiger partial charge in [-0.2, -0.15) is 0 Å². The summed E-state index contributed by atoms with van der Waals surface area (Å²) in [4.78, 5) is 42.8. The van der Waals surface area contributed by atoms with Crippen molar-refractivity contribution in [3.8, 4) is 0 Å². The lowest BCUT2D eigenvalue weighted by atomic mass is 10.1. The van der Waals surface area contributed by atoms with E-state index < -0.39 is 35.2 Å². The number of carboxylic acid groups (broad SMARTS) is 2. The van der Waals surface area contributed by atoms with Crippen LogP contribution in [0, 0.1) is 10.1 Å². The molecule has 0 aliphatic rings. The van der Waals surface area contributed by atoms with Crippen LogP contribution in [-0.4, -0.2) is 39.0 Å². The summed E-state index contributed by atoms with van der Waals surface area (Å²) in [6.07, 6.45) is -0.689. The number of carbonyl (C=O) groups excluding carboxylic acids is 1. The zero-order valence-corrected chi connectivity index (χ0v) is 10.8. The Morgan fingerprint density at radius 2 is 2.00 bits per heavy atom. The number of rotatable bonds is 7. The molecule has 0 saturated heterocycles. The summed E-state index contributed by atoms with van der Waals surface area (Å²) >= 11 is 0.607. The van der Waals surface area contributed by atoms with E-state index in [0.717, 1.165) is 6.07 Å². The lowest BCUT2D eigenvalue weighted by Gasteiger charge is -2.12. The van der Waals surface area contributed by atoms with Crippen molar-refractivity contribution in [3.05, 3.63) is 27.1 Å². The average Bonchev–Trinajstić information content (AvgIpc) is 2.83. The van der Waals surface area contributed by atoms with Crippen molar-refractivity contribution in [3.63, 3.8) is 0 Å². The first-order valence-corrected chi connectivity index (χ1v) is 6.12. The van der Waals surface area contributed by atoms with Gasteiger partial charge < -0.3 is 15.5 Å². The van der Waals surface area contributed by atoms with Gasteiger partial charge in [0, 0.05) is 12.5 Å². The van der Waals surface area contributed by atoms with Crippen molar-refractivity contribution in [1.82, 2.24) is 5.32 Å². The monoisotopic (exact) mass is 302 g/mol. The largest absolute Gasteiger partial charge is 0.481 e. The van der Waals surface area contributed by atoms with Crippen molar-refractivity contribution in [2.45, 2.75) is 18.9 Å². The molecule has 0 radical (unpaired) electrons. The van der Waals surface area contributed by atoms with Gasteiger partial charge in [-0.1, -0.05) is 11.3 Å². The smallest absolute Gasteiger partial charge is 0.326 e. The van der Waals surface area contributed by atoms with Crippen molar-refractivity contribution in [1.29, 1.82) is 0 Å². The van der Waals surface area contributed by atoms with Gasteiger partial charge in [-0.25, -0.2) is 4.79 Å². The van der Waals surface area contributed by atoms with E-state index in [1.807, 2.05) is 0 Å². The Hall–Kier alpha value is -2.49. The molecular weight excluding hydrogens is 292 g/mol. The summed E-state index contributed by atoms with van der Waals surface area (Å²) in [7, 11) is 0. The van der Waals surface area contributed by atoms with Gasteiger partial charge in [-0.05, 0) is 12.5 Å². The molecule has 108 valence electrons. The van der Waals surface area contributed by atoms with Gasteiger partial charge in [-0.3, -0.25) is 19.7 Å². The molecule has 1 aromatic heterocycles. The third-order valence-electron chi connectivity index (χ3n) is 2.25. The SMILES string of the molecule is O=C(O)CCC(NC(=O)c1ccc([N+](=O)[O-])s1)C(=O)O. The van der Waals surface area contributed by atoms with Gasteiger partial charge in [0.25, 0.3) is 5.91 Å². The predicted octanol–water partition coefficient (Wildman–Crippen LogP) is 0.704. The molecule has 1 unspecified atom stereocenters. The highest BCUT2D eigenvalue weighted by Gasteiger charge is 2.23. The highest BCUT2D eigenvalue weighted by molar-refractivity contribution is 7.17. The Morgan fingerprint density at radius 3 is 2.45 bits per heavy atom. The van der Waals surface area contributed by atoms with E-state index in [1.165, 1.54) is 6.07 Å². The van der Waals surface area contributed by atoms with Gasteiger partial charge in [0.15, 0.2) is 0 Å². The number of nitrogens with one attached hydrogen (secondary N) is 1. The number of nitrogens with zero attached hydrogens (tertiary/aromatic N) is 1. The Labute approximate surface area is 116 Å². The molecule has 1 rings (SSSR count). The number of amides is 1. The predicted molar refractivity (Wildman–Crippen MR) is 66.7 cm³/mol. The quantitative estimate of drug-likeness (QED) is 0.496. The van der Waals surface area contributed by atoms with Gasteiger partial charge >= 0.3 is 16.9 Å². The Kier molecular flexibility index (Phi) is 5.15. The molecule has 20 heavy (non-hydrogen) atoms. The van der Waals surface area contributed by atoms with Gasteiger partial charge in [0.1, 0.15) is 6.04 Å². The first kappa shape index (κ1) is 15.6. The van der Waals surface area contributed by atoms with E-state index in [2.05, 4.69) is 5.32 Å². The van der Waals surface area contributed by atoms with E-state index in [9.17, 15) is 24.5 Å². The van der Waals surface area contributed by atoms with E-state index in [1.54, 1.807) is 0 Å². The Bertz CT molecular complexity index is 554. The number of carbonyl (C=O) groups is 3. The van der Waals surface area contributed by atoms with Crippen molar-refractivity contribution < 1.29 is 29.5 Å². The first-order valence-electron chi connectivity index (χ1n) is 5.31. The van der Waals surface area contributed by atoms with Gasteiger partial charge in [0.05, 0.1) is 9.80 Å². The lowest BCUT2D eigenvalue weighted by Crippen LogP contribution is -2.40. The van der Waals surface area contributed by atoms with Crippen LogP contribution in [0.3, 0.4) is 0 Å². The van der Waals surface area contributed by atoms with E-state index in [-0.39, 0.29) is 16.3 Å². The van der Waals surface area contributed by atoms with Crippen LogP contribution >= 0.6 is 11.3 Å².